The molecule has 6 rings (SSSR count). The second kappa shape index (κ2) is 14.1. The largest absolute Gasteiger partial charge is 0.457 e. The highest BCUT2D eigenvalue weighted by Crippen LogP contribution is 2.37. The Kier molecular flexibility index (Phi) is 9.99. The summed E-state index contributed by atoms with van der Waals surface area (Å²) in [5, 5.41) is 14.2. The number of carbonyl (C=O) groups is 3. The number of likely N-dealkylation sites (tertiary alicyclic amines) is 1. The van der Waals surface area contributed by atoms with Crippen LogP contribution >= 0.6 is 0 Å². The van der Waals surface area contributed by atoms with Gasteiger partial charge in [0.05, 0.1) is 6.10 Å². The molecule has 2 aliphatic carbocycles. The molecule has 248 valence electrons. The molecule has 2 saturated carbocycles. The maximum absolute atomic E-state index is 13.9. The van der Waals surface area contributed by atoms with Gasteiger partial charge in [-0.05, 0) is 92.8 Å². The molecular weight excluding hydrogens is 580 g/mol. The summed E-state index contributed by atoms with van der Waals surface area (Å²) in [6.07, 6.45) is 9.42. The van der Waals surface area contributed by atoms with Crippen molar-refractivity contribution in [3.05, 3.63) is 59.7 Å². The molecular formula is C37H50N4O5. The number of carbonyl (C=O) groups excluding carboxylic acids is 3. The zero-order valence-corrected chi connectivity index (χ0v) is 27.5. The Bertz CT molecular complexity index is 1360. The van der Waals surface area contributed by atoms with E-state index < -0.39 is 17.7 Å². The molecule has 0 bridgehead atoms. The van der Waals surface area contributed by atoms with Crippen molar-refractivity contribution in [3.8, 4) is 11.5 Å². The summed E-state index contributed by atoms with van der Waals surface area (Å²) in [6, 6.07) is 14.9. The summed E-state index contributed by atoms with van der Waals surface area (Å²) in [5.41, 5.74) is 0.965. The Morgan fingerprint density at radius 2 is 1.61 bits per heavy atom. The summed E-state index contributed by atoms with van der Waals surface area (Å²) in [6.45, 7) is 4.81. The third kappa shape index (κ3) is 6.95. The van der Waals surface area contributed by atoms with Crippen molar-refractivity contribution in [1.82, 2.24) is 20.0 Å². The van der Waals surface area contributed by atoms with Gasteiger partial charge in [0.25, 0.3) is 5.91 Å². The number of unbranched alkanes of at least 4 members (excludes halogenated alkanes) is 1. The van der Waals surface area contributed by atoms with E-state index in [4.69, 9.17) is 4.74 Å². The fourth-order valence-corrected chi connectivity index (χ4v) is 7.59. The van der Waals surface area contributed by atoms with Crippen molar-refractivity contribution in [2.45, 2.75) is 108 Å². The first-order valence-corrected chi connectivity index (χ1v) is 17.5. The minimum absolute atomic E-state index is 0.0454. The van der Waals surface area contributed by atoms with Crippen LogP contribution in [-0.4, -0.2) is 87.9 Å². The van der Waals surface area contributed by atoms with Gasteiger partial charge in [0.2, 0.25) is 11.8 Å². The Balaban J connectivity index is 1.04. The van der Waals surface area contributed by atoms with Crippen LogP contribution in [0.25, 0.3) is 0 Å². The van der Waals surface area contributed by atoms with Gasteiger partial charge in [-0.25, -0.2) is 0 Å². The standard InChI is InChI=1S/C37H50N4O5/c1-3-4-22-41-35(44)32(33(42)27-8-6-5-7-9-27)38-36(45)37(41)20-23-40(24-21-37)25-26-10-16-30(17-11-26)46-31-18-12-28(13-19-31)34(43)39(2)29-14-15-29/h10-13,16-19,27,29,32-33,42H,3-9,14-15,20-25H2,1-2H3,(H,38,45)/t32-,33?/m1/s1. The average Bonchev–Trinajstić information content (AvgIpc) is 3.94. The van der Waals surface area contributed by atoms with Crippen molar-refractivity contribution < 1.29 is 24.2 Å². The predicted octanol–water partition coefficient (Wildman–Crippen LogP) is 5.12. The molecule has 1 unspecified atom stereocenters. The quantitative estimate of drug-likeness (QED) is 0.358. The maximum Gasteiger partial charge on any atom is 0.253 e. The van der Waals surface area contributed by atoms with Crippen molar-refractivity contribution in [1.29, 1.82) is 0 Å². The summed E-state index contributed by atoms with van der Waals surface area (Å²) in [4.78, 5) is 46.3. The van der Waals surface area contributed by atoms with Crippen LogP contribution in [0.4, 0.5) is 0 Å². The maximum atomic E-state index is 13.9. The van der Waals surface area contributed by atoms with Crippen LogP contribution in [-0.2, 0) is 16.1 Å². The van der Waals surface area contributed by atoms with Gasteiger partial charge < -0.3 is 25.0 Å². The lowest BCUT2D eigenvalue weighted by Gasteiger charge is -2.52. The number of piperazine rings is 1. The van der Waals surface area contributed by atoms with Crippen LogP contribution in [0.1, 0.15) is 93.5 Å². The first-order chi connectivity index (χ1) is 22.3. The van der Waals surface area contributed by atoms with E-state index in [1.54, 1.807) is 0 Å². The molecule has 2 N–H and O–H groups in total. The van der Waals surface area contributed by atoms with Crippen molar-refractivity contribution >= 4 is 17.7 Å². The Labute approximate surface area is 273 Å². The number of hydrogen-bond donors (Lipinski definition) is 2. The highest BCUT2D eigenvalue weighted by atomic mass is 16.5. The van der Waals surface area contributed by atoms with E-state index in [0.29, 0.717) is 49.8 Å². The minimum Gasteiger partial charge on any atom is -0.457 e. The molecule has 2 atom stereocenters. The predicted molar refractivity (Wildman–Crippen MR) is 176 cm³/mol. The lowest BCUT2D eigenvalue weighted by atomic mass is 9.78. The van der Waals surface area contributed by atoms with E-state index in [-0.39, 0.29) is 23.6 Å². The Hall–Kier alpha value is -3.43. The molecule has 4 aliphatic rings. The molecule has 2 aromatic rings. The Morgan fingerprint density at radius 1 is 0.978 bits per heavy atom. The number of aliphatic hydroxyl groups excluding tert-OH is 1. The molecule has 2 aliphatic heterocycles. The van der Waals surface area contributed by atoms with Crippen LogP contribution in [0.2, 0.25) is 0 Å². The van der Waals surface area contributed by atoms with E-state index in [1.807, 2.05) is 53.2 Å². The van der Waals surface area contributed by atoms with Crippen LogP contribution in [0.15, 0.2) is 48.5 Å². The average molecular weight is 631 g/mol. The third-order valence-electron chi connectivity index (χ3n) is 10.7. The van der Waals surface area contributed by atoms with Crippen molar-refractivity contribution in [2.75, 3.05) is 26.7 Å². The molecule has 3 amide bonds. The van der Waals surface area contributed by atoms with Gasteiger partial charge in [-0.1, -0.05) is 44.7 Å². The van der Waals surface area contributed by atoms with E-state index in [2.05, 4.69) is 29.3 Å². The monoisotopic (exact) mass is 630 g/mol. The number of benzene rings is 2. The molecule has 1 spiro atoms. The van der Waals surface area contributed by atoms with Gasteiger partial charge in [0.15, 0.2) is 0 Å². The molecule has 9 nitrogen and oxygen atoms in total. The lowest BCUT2D eigenvalue weighted by molar-refractivity contribution is -0.166. The highest BCUT2D eigenvalue weighted by molar-refractivity contribution is 6.00. The van der Waals surface area contributed by atoms with Crippen LogP contribution < -0.4 is 10.1 Å². The second-order valence-corrected chi connectivity index (χ2v) is 13.9. The SMILES string of the molecule is CCCCN1C(=O)[C@@H](C(O)C2CCCCC2)NC(=O)C12CCN(Cc1ccc(Oc3ccc(C(=O)N(C)C4CC4)cc3)cc1)CC2. The second-order valence-electron chi connectivity index (χ2n) is 13.9. The first kappa shape index (κ1) is 32.5. The number of piperidine rings is 1. The number of amides is 3. The van der Waals surface area contributed by atoms with Crippen LogP contribution in [0.5, 0.6) is 11.5 Å². The van der Waals surface area contributed by atoms with Crippen molar-refractivity contribution in [3.63, 3.8) is 0 Å². The number of hydrogen-bond acceptors (Lipinski definition) is 6. The van der Waals surface area contributed by atoms with Gasteiger partial charge in [0.1, 0.15) is 23.1 Å². The fourth-order valence-electron chi connectivity index (χ4n) is 7.59. The van der Waals surface area contributed by atoms with Gasteiger partial charge in [-0.15, -0.1) is 0 Å². The smallest absolute Gasteiger partial charge is 0.253 e. The van der Waals surface area contributed by atoms with E-state index in [9.17, 15) is 19.5 Å². The van der Waals surface area contributed by atoms with E-state index >= 15 is 0 Å². The zero-order chi connectivity index (χ0) is 32.3. The zero-order valence-electron chi connectivity index (χ0n) is 27.5. The number of rotatable bonds is 11. The topological polar surface area (TPSA) is 102 Å². The molecule has 2 saturated heterocycles. The summed E-state index contributed by atoms with van der Waals surface area (Å²) in [7, 11) is 1.86. The minimum atomic E-state index is -0.850. The molecule has 2 heterocycles. The lowest BCUT2D eigenvalue weighted by Crippen LogP contribution is -2.75. The number of nitrogens with one attached hydrogen (secondary N) is 1. The van der Waals surface area contributed by atoms with Gasteiger partial charge in [-0.3, -0.25) is 19.3 Å². The molecule has 2 aromatic carbocycles. The summed E-state index contributed by atoms with van der Waals surface area (Å²) in [5.74, 6) is 1.31. The summed E-state index contributed by atoms with van der Waals surface area (Å²) < 4.78 is 6.05. The summed E-state index contributed by atoms with van der Waals surface area (Å²) >= 11 is 0. The molecule has 46 heavy (non-hydrogen) atoms. The van der Waals surface area contributed by atoms with Gasteiger partial charge in [-0.2, -0.15) is 0 Å². The molecule has 0 aromatic heterocycles. The Morgan fingerprint density at radius 3 is 2.22 bits per heavy atom. The number of ether oxygens (including phenoxy) is 1. The van der Waals surface area contributed by atoms with Crippen LogP contribution in [0, 0.1) is 5.92 Å². The highest BCUT2D eigenvalue weighted by Gasteiger charge is 2.55. The van der Waals surface area contributed by atoms with Gasteiger partial charge in [0, 0.05) is 44.8 Å². The normalized spacial score (nSPS) is 22.8. The molecule has 4 fully saturated rings. The van der Waals surface area contributed by atoms with Gasteiger partial charge >= 0.3 is 0 Å². The van der Waals surface area contributed by atoms with E-state index in [1.165, 1.54) is 6.42 Å². The van der Waals surface area contributed by atoms with E-state index in [0.717, 1.165) is 69.2 Å². The first-order valence-electron chi connectivity index (χ1n) is 17.5. The fraction of sp³-hybridized carbons (Fsp3) is 0.595. The van der Waals surface area contributed by atoms with Crippen LogP contribution in [0.3, 0.4) is 0 Å². The molecule has 9 heteroatoms. The number of aliphatic hydroxyl groups is 1. The van der Waals surface area contributed by atoms with Crippen molar-refractivity contribution in [2.24, 2.45) is 5.92 Å². The third-order valence-corrected chi connectivity index (χ3v) is 10.7. The molecule has 0 radical (unpaired) electrons. The number of nitrogens with zero attached hydrogens (tertiary/aromatic N) is 3.